The fourth-order valence-corrected chi connectivity index (χ4v) is 1.81. The minimum atomic E-state index is -1.05. The van der Waals surface area contributed by atoms with Crippen molar-refractivity contribution in [1.82, 2.24) is 0 Å². The van der Waals surface area contributed by atoms with Gasteiger partial charge in [0, 0.05) is 4.47 Å². The molecule has 1 aromatic rings. The Morgan fingerprint density at radius 3 is 2.06 bits per heavy atom. The number of ether oxygens (including phenoxy) is 2. The number of halogens is 1. The summed E-state index contributed by atoms with van der Waals surface area (Å²) in [4.78, 5) is 23.0. The van der Waals surface area contributed by atoms with Gasteiger partial charge in [-0.15, -0.1) is 0 Å². The molecule has 0 amide bonds. The zero-order valence-corrected chi connectivity index (χ0v) is 10.5. The van der Waals surface area contributed by atoms with E-state index in [0.29, 0.717) is 10.0 Å². The standard InChI is InChI=1S/C11H11BrO4/c1-15-10(13)9(11(14)16-2)7-5-3-4-6-8(7)12/h3-6,9H,1-2H3. The summed E-state index contributed by atoms with van der Waals surface area (Å²) in [6.07, 6.45) is 0. The number of carbonyl (C=O) groups is 2. The Kier molecular flexibility index (Phi) is 4.49. The molecule has 0 aliphatic rings. The van der Waals surface area contributed by atoms with Gasteiger partial charge in [-0.2, -0.15) is 0 Å². The lowest BCUT2D eigenvalue weighted by Crippen LogP contribution is -2.24. The van der Waals surface area contributed by atoms with Crippen LogP contribution in [0.5, 0.6) is 0 Å². The summed E-state index contributed by atoms with van der Waals surface area (Å²) in [6.45, 7) is 0. The number of hydrogen-bond donors (Lipinski definition) is 0. The largest absolute Gasteiger partial charge is 0.468 e. The van der Waals surface area contributed by atoms with Crippen LogP contribution in [0.2, 0.25) is 0 Å². The summed E-state index contributed by atoms with van der Waals surface area (Å²) < 4.78 is 9.83. The van der Waals surface area contributed by atoms with E-state index in [0.717, 1.165) is 0 Å². The van der Waals surface area contributed by atoms with Crippen LogP contribution in [0.1, 0.15) is 11.5 Å². The highest BCUT2D eigenvalue weighted by Gasteiger charge is 2.31. The molecule has 1 rings (SSSR count). The highest BCUT2D eigenvalue weighted by molar-refractivity contribution is 9.10. The molecule has 0 saturated heterocycles. The third-order valence-corrected chi connectivity index (χ3v) is 2.81. The molecule has 5 heteroatoms. The van der Waals surface area contributed by atoms with E-state index < -0.39 is 17.9 Å². The monoisotopic (exact) mass is 286 g/mol. The lowest BCUT2D eigenvalue weighted by molar-refractivity contribution is -0.154. The second-order valence-corrected chi connectivity index (χ2v) is 3.86. The van der Waals surface area contributed by atoms with Crippen LogP contribution in [0.25, 0.3) is 0 Å². The average molecular weight is 287 g/mol. The zero-order chi connectivity index (χ0) is 12.1. The van der Waals surface area contributed by atoms with E-state index in [4.69, 9.17) is 0 Å². The van der Waals surface area contributed by atoms with Gasteiger partial charge in [0.25, 0.3) is 0 Å². The van der Waals surface area contributed by atoms with E-state index in [2.05, 4.69) is 25.4 Å². The van der Waals surface area contributed by atoms with Gasteiger partial charge in [-0.05, 0) is 11.6 Å². The Morgan fingerprint density at radius 1 is 1.12 bits per heavy atom. The second kappa shape index (κ2) is 5.65. The molecular weight excluding hydrogens is 276 g/mol. The first kappa shape index (κ1) is 12.7. The van der Waals surface area contributed by atoms with E-state index in [-0.39, 0.29) is 0 Å². The smallest absolute Gasteiger partial charge is 0.324 e. The van der Waals surface area contributed by atoms with Crippen molar-refractivity contribution in [2.75, 3.05) is 14.2 Å². The second-order valence-electron chi connectivity index (χ2n) is 3.00. The maximum atomic E-state index is 11.5. The maximum Gasteiger partial charge on any atom is 0.324 e. The summed E-state index contributed by atoms with van der Waals surface area (Å²) in [5.41, 5.74) is 0.529. The molecule has 16 heavy (non-hydrogen) atoms. The van der Waals surface area contributed by atoms with E-state index in [9.17, 15) is 9.59 Å². The molecule has 0 atom stereocenters. The van der Waals surface area contributed by atoms with Crippen molar-refractivity contribution >= 4 is 27.9 Å². The zero-order valence-electron chi connectivity index (χ0n) is 8.90. The maximum absolute atomic E-state index is 11.5. The number of methoxy groups -OCH3 is 2. The van der Waals surface area contributed by atoms with Crippen LogP contribution in [0, 0.1) is 0 Å². The minimum Gasteiger partial charge on any atom is -0.468 e. The fraction of sp³-hybridized carbons (Fsp3) is 0.273. The molecule has 0 bridgehead atoms. The average Bonchev–Trinajstić information content (AvgIpc) is 2.31. The topological polar surface area (TPSA) is 52.6 Å². The molecule has 0 radical (unpaired) electrons. The van der Waals surface area contributed by atoms with Crippen molar-refractivity contribution in [3.63, 3.8) is 0 Å². The van der Waals surface area contributed by atoms with Crippen LogP contribution in [-0.4, -0.2) is 26.2 Å². The van der Waals surface area contributed by atoms with Gasteiger partial charge in [-0.1, -0.05) is 34.1 Å². The van der Waals surface area contributed by atoms with Crippen molar-refractivity contribution in [2.24, 2.45) is 0 Å². The van der Waals surface area contributed by atoms with E-state index in [1.165, 1.54) is 14.2 Å². The summed E-state index contributed by atoms with van der Waals surface area (Å²) in [5, 5.41) is 0. The predicted molar refractivity (Wildman–Crippen MR) is 60.9 cm³/mol. The summed E-state index contributed by atoms with van der Waals surface area (Å²) in [6, 6.07) is 6.94. The van der Waals surface area contributed by atoms with Gasteiger partial charge in [0.2, 0.25) is 0 Å². The highest BCUT2D eigenvalue weighted by atomic mass is 79.9. The van der Waals surface area contributed by atoms with Crippen LogP contribution in [0.15, 0.2) is 28.7 Å². The predicted octanol–water partition coefficient (Wildman–Crippen LogP) is 1.88. The van der Waals surface area contributed by atoms with Crippen LogP contribution in [0.3, 0.4) is 0 Å². The Morgan fingerprint density at radius 2 is 1.62 bits per heavy atom. The molecule has 0 aromatic heterocycles. The quantitative estimate of drug-likeness (QED) is 0.629. The number of benzene rings is 1. The first-order valence-electron chi connectivity index (χ1n) is 4.52. The van der Waals surface area contributed by atoms with Crippen LogP contribution in [0.4, 0.5) is 0 Å². The molecule has 0 heterocycles. The number of hydrogen-bond acceptors (Lipinski definition) is 4. The molecule has 0 N–H and O–H groups in total. The number of rotatable bonds is 3. The first-order chi connectivity index (χ1) is 7.61. The molecule has 0 fully saturated rings. The van der Waals surface area contributed by atoms with Crippen molar-refractivity contribution in [2.45, 2.75) is 5.92 Å². The van der Waals surface area contributed by atoms with Crippen LogP contribution >= 0.6 is 15.9 Å². The minimum absolute atomic E-state index is 0.529. The summed E-state index contributed by atoms with van der Waals surface area (Å²) in [7, 11) is 2.46. The molecule has 0 aliphatic carbocycles. The van der Waals surface area contributed by atoms with Gasteiger partial charge >= 0.3 is 11.9 Å². The number of carbonyl (C=O) groups excluding carboxylic acids is 2. The van der Waals surface area contributed by atoms with Crippen LogP contribution in [-0.2, 0) is 19.1 Å². The molecule has 0 spiro atoms. The molecular formula is C11H11BrO4. The van der Waals surface area contributed by atoms with Crippen molar-refractivity contribution in [3.05, 3.63) is 34.3 Å². The summed E-state index contributed by atoms with van der Waals surface area (Å²) in [5.74, 6) is -2.33. The van der Waals surface area contributed by atoms with Gasteiger partial charge in [0.05, 0.1) is 14.2 Å². The molecule has 1 aromatic carbocycles. The third-order valence-electron chi connectivity index (χ3n) is 2.09. The van der Waals surface area contributed by atoms with Gasteiger partial charge in [0.1, 0.15) is 0 Å². The Bertz CT molecular complexity index is 387. The molecule has 0 unspecified atom stereocenters. The van der Waals surface area contributed by atoms with Crippen molar-refractivity contribution in [3.8, 4) is 0 Å². The van der Waals surface area contributed by atoms with Gasteiger partial charge in [-0.3, -0.25) is 9.59 Å². The molecule has 86 valence electrons. The molecule has 0 aliphatic heterocycles. The van der Waals surface area contributed by atoms with E-state index >= 15 is 0 Å². The highest BCUT2D eigenvalue weighted by Crippen LogP contribution is 2.26. The Labute approximate surface area is 102 Å². The van der Waals surface area contributed by atoms with Gasteiger partial charge < -0.3 is 9.47 Å². The molecule has 0 saturated carbocycles. The van der Waals surface area contributed by atoms with Gasteiger partial charge in [-0.25, -0.2) is 0 Å². The summed E-state index contributed by atoms with van der Waals surface area (Å²) >= 11 is 3.28. The lowest BCUT2D eigenvalue weighted by Gasteiger charge is -2.13. The fourth-order valence-electron chi connectivity index (χ4n) is 1.30. The number of esters is 2. The first-order valence-corrected chi connectivity index (χ1v) is 5.31. The lowest BCUT2D eigenvalue weighted by atomic mass is 9.99. The normalized spacial score (nSPS) is 10.0. The Hall–Kier alpha value is -1.36. The van der Waals surface area contributed by atoms with Crippen molar-refractivity contribution < 1.29 is 19.1 Å². The van der Waals surface area contributed by atoms with E-state index in [1.807, 2.05) is 0 Å². The van der Waals surface area contributed by atoms with Crippen molar-refractivity contribution in [1.29, 1.82) is 0 Å². The SMILES string of the molecule is COC(=O)C(C(=O)OC)c1ccccc1Br. The van der Waals surface area contributed by atoms with Gasteiger partial charge in [0.15, 0.2) is 5.92 Å². The Balaban J connectivity index is 3.16. The molecule has 4 nitrogen and oxygen atoms in total. The third kappa shape index (κ3) is 2.61. The van der Waals surface area contributed by atoms with Crippen LogP contribution < -0.4 is 0 Å². The van der Waals surface area contributed by atoms with E-state index in [1.54, 1.807) is 24.3 Å².